The van der Waals surface area contributed by atoms with Gasteiger partial charge in [0.25, 0.3) is 0 Å². The van der Waals surface area contributed by atoms with Gasteiger partial charge in [-0.25, -0.2) is 9.13 Å². The number of allylic oxidation sites excluding steroid dienone is 4. The van der Waals surface area contributed by atoms with Crippen LogP contribution in [0.3, 0.4) is 0 Å². The maximum absolute atomic E-state index is 13.2. The second-order valence-corrected chi connectivity index (χ2v) is 33.9. The molecule has 0 aromatic heterocycles. The number of hydrogen-bond donors (Lipinski definition) is 6. The van der Waals surface area contributed by atoms with Gasteiger partial charge in [-0.05, 0) is 103 Å². The molecule has 26 heteroatoms. The molecule has 114 heavy (non-hydrogen) atoms. The van der Waals surface area contributed by atoms with Crippen molar-refractivity contribution in [3.63, 3.8) is 0 Å². The summed E-state index contributed by atoms with van der Waals surface area (Å²) in [7, 11) is -9.49. The molecule has 0 aliphatic rings. The number of ketones is 2. The zero-order valence-corrected chi connectivity index (χ0v) is 74.2. The van der Waals surface area contributed by atoms with Gasteiger partial charge in [0.15, 0.2) is 0 Å². The van der Waals surface area contributed by atoms with Crippen molar-refractivity contribution in [3.05, 3.63) is 24.3 Å². The van der Waals surface area contributed by atoms with Gasteiger partial charge in [-0.15, -0.1) is 0 Å². The van der Waals surface area contributed by atoms with Crippen molar-refractivity contribution < 1.29 is 94.3 Å². The molecule has 0 spiro atoms. The number of Topliss-reactive ketones (excluding diaryl/α,β-unsaturated/α-hetero) is 2. The first kappa shape index (κ1) is 110. The normalized spacial score (nSPS) is 13.8. The number of amides is 4. The molecule has 24 nitrogen and oxygen atoms in total. The fraction of sp³-hybridized carbons (Fsp3) is 0.864. The smallest absolute Gasteiger partial charge is 0.462 e. The summed E-state index contributed by atoms with van der Waals surface area (Å²) >= 11 is 0. The van der Waals surface area contributed by atoms with Crippen molar-refractivity contribution in [2.45, 2.75) is 425 Å². The van der Waals surface area contributed by atoms with E-state index in [1.54, 1.807) is 0 Å². The molecule has 0 aliphatic heterocycles. The first-order chi connectivity index (χ1) is 55.2. The van der Waals surface area contributed by atoms with Crippen LogP contribution in [-0.4, -0.2) is 147 Å². The predicted octanol–water partition coefficient (Wildman–Crippen LogP) is 20.5. The standard InChI is InChI=1S/C88H164N4O20P2/c1-7-13-19-25-29-33-37-43-47-55-79(93)71-85(97)91-77(73-105-67-63-81(57-49-41-23-17-11-5)111-87(99)61-51-45-39-35-31-27-21-15-9-3)75-109-113(101,102)107-69-65-89-83(95)59-53-54-60-84(96)90-66-70-108-114(103,104)110-76-78(92-86(98)72-80(94)56-48-44-38-34-30-26-20-14-8-2)74-106-68-64-82(58-50-42-24-18-12-6)112-88(100)62-52-46-40-36-32-28-22-16-10-4/h35-36,39-40,77-78,81-82H,7-34,37-38,41-76H2,1-6H3,(H,89,95)(H,90,96)(H,91,97)(H,92,98)(H,101,102)(H,103,104). The van der Waals surface area contributed by atoms with E-state index in [1.165, 1.54) is 116 Å². The van der Waals surface area contributed by atoms with Gasteiger partial charge in [0, 0.05) is 64.5 Å². The average molecular weight is 1660 g/mol. The Morgan fingerprint density at radius 2 is 0.596 bits per heavy atom. The number of phosphoric ester groups is 2. The summed E-state index contributed by atoms with van der Waals surface area (Å²) in [4.78, 5) is 125. The van der Waals surface area contributed by atoms with E-state index >= 15 is 0 Å². The third kappa shape index (κ3) is 76.5. The summed E-state index contributed by atoms with van der Waals surface area (Å²) < 4.78 is 71.1. The van der Waals surface area contributed by atoms with E-state index in [0.717, 1.165) is 128 Å². The second-order valence-electron chi connectivity index (χ2n) is 31.0. The molecule has 0 saturated carbocycles. The Labute approximate surface area is 690 Å². The first-order valence-electron chi connectivity index (χ1n) is 45.4. The fourth-order valence-corrected chi connectivity index (χ4v) is 14.5. The fourth-order valence-electron chi connectivity index (χ4n) is 12.9. The molecule has 0 aromatic carbocycles. The first-order valence-corrected chi connectivity index (χ1v) is 48.4. The van der Waals surface area contributed by atoms with Crippen molar-refractivity contribution in [3.8, 4) is 0 Å². The lowest BCUT2D eigenvalue weighted by Crippen LogP contribution is -2.42. The zero-order chi connectivity index (χ0) is 83.9. The summed E-state index contributed by atoms with van der Waals surface area (Å²) in [6, 6.07) is -1.92. The molecule has 6 unspecified atom stereocenters. The molecular formula is C88H164N4O20P2. The van der Waals surface area contributed by atoms with E-state index in [0.29, 0.717) is 77.0 Å². The number of unbranched alkanes of at least 4 members (excludes halogenated alkanes) is 35. The van der Waals surface area contributed by atoms with Crippen LogP contribution < -0.4 is 21.3 Å². The summed E-state index contributed by atoms with van der Waals surface area (Å²) in [5, 5.41) is 10.7. The number of esters is 2. The number of ether oxygens (including phenoxy) is 4. The summed E-state index contributed by atoms with van der Waals surface area (Å²) in [5.41, 5.74) is 0. The molecule has 6 N–H and O–H groups in total. The molecule has 0 fully saturated rings. The lowest BCUT2D eigenvalue weighted by Gasteiger charge is -2.22. The van der Waals surface area contributed by atoms with E-state index in [2.05, 4.69) is 87.1 Å². The SMILES string of the molecule is CCCCCCC=CCCCC(=O)OC(CCCCCCC)CCOCC(COP(=O)(O)OCCNC(=O)CCCCC(=O)NCCOP(=O)(O)OCC(COCCC(CCCCCCC)OC(=O)CCCC=CCCCCCC)NC(=O)CC(=O)CCCCCCCCCCC)NC(=O)CC(=O)CCCCCCCCCCC. The highest BCUT2D eigenvalue weighted by Crippen LogP contribution is 2.44. The highest BCUT2D eigenvalue weighted by Gasteiger charge is 2.28. The van der Waals surface area contributed by atoms with Crippen LogP contribution in [0.5, 0.6) is 0 Å². The van der Waals surface area contributed by atoms with Crippen LogP contribution in [0.1, 0.15) is 401 Å². The van der Waals surface area contributed by atoms with E-state index in [4.69, 9.17) is 37.0 Å². The molecule has 0 bridgehead atoms. The van der Waals surface area contributed by atoms with Crippen molar-refractivity contribution in [1.29, 1.82) is 0 Å². The Morgan fingerprint density at radius 1 is 0.307 bits per heavy atom. The minimum atomic E-state index is -4.74. The predicted molar refractivity (Wildman–Crippen MR) is 456 cm³/mol. The molecule has 0 rings (SSSR count). The van der Waals surface area contributed by atoms with Gasteiger partial charge in [0.1, 0.15) is 23.8 Å². The van der Waals surface area contributed by atoms with Crippen molar-refractivity contribution >= 4 is 62.8 Å². The topological polar surface area (TPSA) is 333 Å². The van der Waals surface area contributed by atoms with E-state index < -0.39 is 77.8 Å². The molecule has 666 valence electrons. The number of phosphoric acid groups is 2. The van der Waals surface area contributed by atoms with E-state index in [9.17, 15) is 57.3 Å². The Hall–Kier alpha value is -4.22. The number of rotatable bonds is 87. The highest BCUT2D eigenvalue weighted by atomic mass is 31.2. The van der Waals surface area contributed by atoms with Crippen LogP contribution in [0.2, 0.25) is 0 Å². The van der Waals surface area contributed by atoms with Gasteiger partial charge in [0.05, 0.1) is 77.8 Å². The van der Waals surface area contributed by atoms with Gasteiger partial charge in [-0.1, -0.05) is 258 Å². The molecule has 0 heterocycles. The number of carbonyl (C=O) groups is 8. The maximum atomic E-state index is 13.2. The molecule has 0 aliphatic carbocycles. The van der Waals surface area contributed by atoms with Gasteiger partial charge in [-0.2, -0.15) is 0 Å². The van der Waals surface area contributed by atoms with Gasteiger partial charge < -0.3 is 50.0 Å². The largest absolute Gasteiger partial charge is 0.472 e. The van der Waals surface area contributed by atoms with Gasteiger partial charge >= 0.3 is 27.6 Å². The van der Waals surface area contributed by atoms with Crippen molar-refractivity contribution in [2.75, 3.05) is 65.9 Å². The van der Waals surface area contributed by atoms with Crippen LogP contribution in [0, 0.1) is 0 Å². The molecule has 6 atom stereocenters. The molecule has 0 radical (unpaired) electrons. The van der Waals surface area contributed by atoms with Crippen LogP contribution >= 0.6 is 15.6 Å². The Bertz CT molecular complexity index is 2380. The van der Waals surface area contributed by atoms with Crippen molar-refractivity contribution in [1.82, 2.24) is 21.3 Å². The summed E-state index contributed by atoms with van der Waals surface area (Å²) in [5.74, 6) is -2.93. The molecule has 4 amide bonds. The van der Waals surface area contributed by atoms with Crippen LogP contribution in [0.15, 0.2) is 24.3 Å². The maximum Gasteiger partial charge on any atom is 0.472 e. The monoisotopic (exact) mass is 1660 g/mol. The molecule has 0 saturated heterocycles. The summed E-state index contributed by atoms with van der Waals surface area (Å²) in [6.45, 7) is 11.0. The molecular weight excluding hydrogens is 1490 g/mol. The van der Waals surface area contributed by atoms with E-state index in [-0.39, 0.29) is 114 Å². The molecule has 0 aromatic rings. The highest BCUT2D eigenvalue weighted by molar-refractivity contribution is 7.47. The summed E-state index contributed by atoms with van der Waals surface area (Å²) in [6.07, 6.45) is 55.7. The minimum Gasteiger partial charge on any atom is -0.462 e. The third-order valence-corrected chi connectivity index (χ3v) is 21.8. The van der Waals surface area contributed by atoms with Crippen LogP contribution in [-0.2, 0) is 84.5 Å². The van der Waals surface area contributed by atoms with Crippen LogP contribution in [0.25, 0.3) is 0 Å². The third-order valence-electron chi connectivity index (χ3n) is 19.8. The zero-order valence-electron chi connectivity index (χ0n) is 72.4. The van der Waals surface area contributed by atoms with Gasteiger partial charge in [0.2, 0.25) is 23.6 Å². The Morgan fingerprint density at radius 3 is 0.930 bits per heavy atom. The van der Waals surface area contributed by atoms with Crippen LogP contribution in [0.4, 0.5) is 0 Å². The number of hydrogen-bond acceptors (Lipinski definition) is 18. The van der Waals surface area contributed by atoms with E-state index in [1.807, 2.05) is 0 Å². The number of nitrogens with one attached hydrogen (secondary N) is 4. The lowest BCUT2D eigenvalue weighted by molar-refractivity contribution is -0.151. The lowest BCUT2D eigenvalue weighted by atomic mass is 10.0. The Kier molecular flexibility index (Phi) is 76.9. The second kappa shape index (κ2) is 79.9. The minimum absolute atomic E-state index is 0.0200. The quantitative estimate of drug-likeness (QED) is 0.0108. The van der Waals surface area contributed by atoms with Gasteiger partial charge in [-0.3, -0.25) is 56.5 Å². The Balaban J connectivity index is 5.47. The number of carbonyl (C=O) groups excluding carboxylic acids is 8. The average Bonchev–Trinajstić information content (AvgIpc) is 0.902. The van der Waals surface area contributed by atoms with Crippen molar-refractivity contribution in [2.24, 2.45) is 0 Å².